The van der Waals surface area contributed by atoms with Gasteiger partial charge in [0.15, 0.2) is 0 Å². The Morgan fingerprint density at radius 1 is 1.08 bits per heavy atom. The summed E-state index contributed by atoms with van der Waals surface area (Å²) in [4.78, 5) is 12.2. The molecule has 5 heteroatoms. The number of carbonyl (C=O) groups is 1. The molecule has 0 fully saturated rings. The zero-order valence-electron chi connectivity index (χ0n) is 13.8. The predicted octanol–water partition coefficient (Wildman–Crippen LogP) is 5.33. The summed E-state index contributed by atoms with van der Waals surface area (Å²) < 4.78 is 19.2. The van der Waals surface area contributed by atoms with E-state index in [2.05, 4.69) is 5.32 Å². The Labute approximate surface area is 155 Å². The number of hydrogen-bond donors (Lipinski definition) is 1. The second-order valence-corrected chi connectivity index (χ2v) is 6.46. The van der Waals surface area contributed by atoms with E-state index < -0.39 is 11.7 Å². The van der Waals surface area contributed by atoms with Crippen LogP contribution in [-0.2, 0) is 6.42 Å². The molecular weight excluding hydrogens is 353 g/mol. The van der Waals surface area contributed by atoms with Gasteiger partial charge in [-0.25, -0.2) is 4.39 Å². The number of halogens is 2. The molecule has 1 heterocycles. The molecule has 3 aromatic carbocycles. The average molecular weight is 368 g/mol. The third-order valence-electron chi connectivity index (χ3n) is 4.35. The van der Waals surface area contributed by atoms with Crippen LogP contribution < -0.4 is 10.1 Å². The minimum atomic E-state index is -0.547. The van der Waals surface area contributed by atoms with Crippen molar-refractivity contribution in [3.8, 4) is 16.9 Å². The van der Waals surface area contributed by atoms with E-state index in [0.29, 0.717) is 17.3 Å². The first kappa shape index (κ1) is 16.6. The van der Waals surface area contributed by atoms with Crippen molar-refractivity contribution in [1.29, 1.82) is 0 Å². The highest BCUT2D eigenvalue weighted by Crippen LogP contribution is 2.37. The average Bonchev–Trinajstić information content (AvgIpc) is 3.09. The van der Waals surface area contributed by atoms with E-state index in [1.165, 1.54) is 12.1 Å². The van der Waals surface area contributed by atoms with Gasteiger partial charge in [0, 0.05) is 17.7 Å². The van der Waals surface area contributed by atoms with Crippen molar-refractivity contribution in [3.05, 3.63) is 82.6 Å². The van der Waals surface area contributed by atoms with Gasteiger partial charge in [0.25, 0.3) is 5.91 Å². The number of nitrogens with one attached hydrogen (secondary N) is 1. The maximum atomic E-state index is 13.7. The molecular formula is C21H15ClFNO2. The number of carbonyl (C=O) groups excluding carboxylic acids is 1. The number of fused-ring (bicyclic) bond motifs is 1. The fraction of sp³-hybridized carbons (Fsp3) is 0.0952. The first-order chi connectivity index (χ1) is 12.6. The Hall–Kier alpha value is -2.85. The Morgan fingerprint density at radius 3 is 2.62 bits per heavy atom. The smallest absolute Gasteiger partial charge is 0.258 e. The number of amides is 1. The van der Waals surface area contributed by atoms with Gasteiger partial charge in [-0.05, 0) is 47.5 Å². The van der Waals surface area contributed by atoms with E-state index in [-0.39, 0.29) is 5.56 Å². The zero-order chi connectivity index (χ0) is 18.1. The molecule has 0 aliphatic carbocycles. The first-order valence-electron chi connectivity index (χ1n) is 8.23. The van der Waals surface area contributed by atoms with Gasteiger partial charge in [0.1, 0.15) is 11.6 Å². The van der Waals surface area contributed by atoms with Crippen LogP contribution in [0.1, 0.15) is 15.9 Å². The van der Waals surface area contributed by atoms with Crippen molar-refractivity contribution in [3.63, 3.8) is 0 Å². The molecule has 0 aromatic heterocycles. The second kappa shape index (κ2) is 6.81. The molecule has 26 heavy (non-hydrogen) atoms. The third kappa shape index (κ3) is 3.16. The Morgan fingerprint density at radius 2 is 1.85 bits per heavy atom. The van der Waals surface area contributed by atoms with Crippen molar-refractivity contribution in [1.82, 2.24) is 0 Å². The van der Waals surface area contributed by atoms with Gasteiger partial charge in [0.2, 0.25) is 0 Å². The lowest BCUT2D eigenvalue weighted by atomic mass is 10.0. The van der Waals surface area contributed by atoms with Gasteiger partial charge in [-0.3, -0.25) is 4.79 Å². The monoisotopic (exact) mass is 367 g/mol. The van der Waals surface area contributed by atoms with Crippen LogP contribution in [0.3, 0.4) is 0 Å². The lowest BCUT2D eigenvalue weighted by molar-refractivity contribution is 0.102. The van der Waals surface area contributed by atoms with E-state index in [0.717, 1.165) is 28.9 Å². The van der Waals surface area contributed by atoms with Crippen molar-refractivity contribution in [2.24, 2.45) is 0 Å². The third-order valence-corrected chi connectivity index (χ3v) is 4.66. The Bertz CT molecular complexity index is 986. The summed E-state index contributed by atoms with van der Waals surface area (Å²) in [6.45, 7) is 0.677. The van der Waals surface area contributed by atoms with Gasteiger partial charge in [-0.2, -0.15) is 0 Å². The topological polar surface area (TPSA) is 38.3 Å². The molecule has 0 saturated heterocycles. The quantitative estimate of drug-likeness (QED) is 0.679. The molecule has 130 valence electrons. The van der Waals surface area contributed by atoms with Crippen molar-refractivity contribution in [2.75, 3.05) is 11.9 Å². The number of rotatable bonds is 3. The second-order valence-electron chi connectivity index (χ2n) is 6.05. The van der Waals surface area contributed by atoms with Crippen molar-refractivity contribution >= 4 is 23.2 Å². The summed E-state index contributed by atoms with van der Waals surface area (Å²) in [5.41, 5.74) is 3.60. The van der Waals surface area contributed by atoms with Gasteiger partial charge < -0.3 is 10.1 Å². The molecule has 3 aromatic rings. The van der Waals surface area contributed by atoms with Gasteiger partial charge in [-0.15, -0.1) is 0 Å². The van der Waals surface area contributed by atoms with E-state index in [1.807, 2.05) is 24.3 Å². The Balaban J connectivity index is 1.56. The van der Waals surface area contributed by atoms with E-state index in [4.69, 9.17) is 16.3 Å². The first-order valence-corrected chi connectivity index (χ1v) is 8.61. The molecule has 0 bridgehead atoms. The minimum Gasteiger partial charge on any atom is -0.493 e. The van der Waals surface area contributed by atoms with Gasteiger partial charge >= 0.3 is 0 Å². The van der Waals surface area contributed by atoms with Crippen molar-refractivity contribution < 1.29 is 13.9 Å². The fourth-order valence-electron chi connectivity index (χ4n) is 3.00. The Kier molecular flexibility index (Phi) is 4.35. The van der Waals surface area contributed by atoms with Crippen LogP contribution >= 0.6 is 11.6 Å². The van der Waals surface area contributed by atoms with Crippen LogP contribution in [0.15, 0.2) is 60.7 Å². The van der Waals surface area contributed by atoms with Crippen molar-refractivity contribution in [2.45, 2.75) is 6.42 Å². The molecule has 0 saturated carbocycles. The number of ether oxygens (including phenoxy) is 1. The molecule has 1 aliphatic rings. The highest BCUT2D eigenvalue weighted by Gasteiger charge is 2.16. The van der Waals surface area contributed by atoms with Crippen LogP contribution in [0.4, 0.5) is 10.1 Å². The minimum absolute atomic E-state index is 0.0123. The molecule has 0 radical (unpaired) electrons. The summed E-state index contributed by atoms with van der Waals surface area (Å²) in [6, 6.07) is 17.1. The molecule has 1 amide bonds. The van der Waals surface area contributed by atoms with Crippen LogP contribution in [0, 0.1) is 5.82 Å². The van der Waals surface area contributed by atoms with Gasteiger partial charge in [0.05, 0.1) is 17.2 Å². The summed E-state index contributed by atoms with van der Waals surface area (Å²) in [5, 5.41) is 3.32. The maximum Gasteiger partial charge on any atom is 0.258 e. The van der Waals surface area contributed by atoms with Crippen LogP contribution in [0.5, 0.6) is 5.75 Å². The number of benzene rings is 3. The zero-order valence-corrected chi connectivity index (χ0v) is 14.5. The maximum absolute atomic E-state index is 13.7. The molecule has 1 aliphatic heterocycles. The normalized spacial score (nSPS) is 12.4. The highest BCUT2D eigenvalue weighted by atomic mass is 35.5. The van der Waals surface area contributed by atoms with Gasteiger partial charge in [-0.1, -0.05) is 35.9 Å². The highest BCUT2D eigenvalue weighted by molar-refractivity contribution is 6.33. The van der Waals surface area contributed by atoms with Crippen LogP contribution in [0.25, 0.3) is 11.1 Å². The summed E-state index contributed by atoms with van der Waals surface area (Å²) in [5.74, 6) is -0.190. The molecule has 3 nitrogen and oxygen atoms in total. The van der Waals surface area contributed by atoms with E-state index >= 15 is 0 Å². The SMILES string of the molecule is O=C(Nc1ccc(-c2cc3c(cc2Cl)OCC3)cc1)c1ccccc1F. The number of anilines is 1. The number of hydrogen-bond acceptors (Lipinski definition) is 2. The molecule has 1 N–H and O–H groups in total. The summed E-state index contributed by atoms with van der Waals surface area (Å²) >= 11 is 6.37. The molecule has 0 unspecified atom stereocenters. The van der Waals surface area contributed by atoms with E-state index in [9.17, 15) is 9.18 Å². The molecule has 0 spiro atoms. The molecule has 0 atom stereocenters. The van der Waals surface area contributed by atoms with Crippen LogP contribution in [-0.4, -0.2) is 12.5 Å². The fourth-order valence-corrected chi connectivity index (χ4v) is 3.26. The predicted molar refractivity (Wildman–Crippen MR) is 100 cm³/mol. The van der Waals surface area contributed by atoms with Crippen LogP contribution in [0.2, 0.25) is 5.02 Å². The lowest BCUT2D eigenvalue weighted by Gasteiger charge is -2.10. The molecule has 4 rings (SSSR count). The summed E-state index contributed by atoms with van der Waals surface area (Å²) in [6.07, 6.45) is 0.871. The standard InChI is InChI=1S/C21H15ClFNO2/c22-18-12-20-14(9-10-26-20)11-17(18)13-5-7-15(8-6-13)24-21(25)16-3-1-2-4-19(16)23/h1-8,11-12H,9-10H2,(H,24,25). The largest absolute Gasteiger partial charge is 0.493 e. The van der Waals surface area contributed by atoms with E-state index in [1.54, 1.807) is 24.3 Å². The lowest BCUT2D eigenvalue weighted by Crippen LogP contribution is -2.13. The summed E-state index contributed by atoms with van der Waals surface area (Å²) in [7, 11) is 0.